The Labute approximate surface area is 146 Å². The number of rotatable bonds is 4. The number of carbonyl (C=O) groups is 1. The molecule has 2 aromatic rings. The molecule has 1 aliphatic rings. The molecule has 3 rings (SSSR count). The summed E-state index contributed by atoms with van der Waals surface area (Å²) in [7, 11) is 0. The summed E-state index contributed by atoms with van der Waals surface area (Å²) in [6, 6.07) is 8.22. The Morgan fingerprint density at radius 3 is 2.62 bits per heavy atom. The number of nitrogens with zero attached hydrogens (tertiary/aromatic N) is 3. The molecule has 1 aromatic heterocycles. The van der Waals surface area contributed by atoms with Gasteiger partial charge < -0.3 is 10.0 Å². The summed E-state index contributed by atoms with van der Waals surface area (Å²) in [6.45, 7) is 5.28. The molecule has 126 valence electrons. The number of aryl methyl sites for hydroxylation is 2. The number of hydrogen-bond donors (Lipinski definition) is 1. The first-order valence-corrected chi connectivity index (χ1v) is 8.25. The third-order valence-electron chi connectivity index (χ3n) is 4.13. The summed E-state index contributed by atoms with van der Waals surface area (Å²) in [6.07, 6.45) is 2.78. The smallest absolute Gasteiger partial charge is 0.246 e. The lowest BCUT2D eigenvalue weighted by Crippen LogP contribution is -2.52. The number of amides is 1. The van der Waals surface area contributed by atoms with E-state index in [1.54, 1.807) is 15.7 Å². The van der Waals surface area contributed by atoms with Crippen molar-refractivity contribution in [2.45, 2.75) is 26.5 Å². The second kappa shape index (κ2) is 6.79. The van der Waals surface area contributed by atoms with Crippen LogP contribution in [0.2, 0.25) is 5.15 Å². The molecule has 5 nitrogen and oxygen atoms in total. The Balaban J connectivity index is 1.74. The van der Waals surface area contributed by atoms with Crippen LogP contribution < -0.4 is 0 Å². The first kappa shape index (κ1) is 16.7. The minimum Gasteiger partial charge on any atom is -0.389 e. The maximum atomic E-state index is 12.0. The highest BCUT2D eigenvalue weighted by atomic mass is 35.5. The van der Waals surface area contributed by atoms with Gasteiger partial charge in [-0.2, -0.15) is 5.10 Å². The van der Waals surface area contributed by atoms with E-state index in [-0.39, 0.29) is 5.91 Å². The summed E-state index contributed by atoms with van der Waals surface area (Å²) in [5.74, 6) is -0.123. The summed E-state index contributed by atoms with van der Waals surface area (Å²) in [4.78, 5) is 13.5. The molecule has 0 saturated carbocycles. The van der Waals surface area contributed by atoms with Gasteiger partial charge in [-0.25, -0.2) is 4.68 Å². The maximum absolute atomic E-state index is 12.0. The zero-order valence-corrected chi connectivity index (χ0v) is 14.5. The van der Waals surface area contributed by atoms with E-state index in [0.717, 1.165) is 16.8 Å². The highest BCUT2D eigenvalue weighted by Gasteiger charge is 2.27. The van der Waals surface area contributed by atoms with E-state index in [0.29, 0.717) is 24.8 Å². The molecular formula is C18H20ClN3O2. The lowest BCUT2D eigenvalue weighted by molar-refractivity contribution is -0.135. The molecule has 2 heterocycles. The van der Waals surface area contributed by atoms with Crippen molar-refractivity contribution in [1.82, 2.24) is 14.7 Å². The number of carbonyl (C=O) groups excluding carboxylic acids is 1. The van der Waals surface area contributed by atoms with Crippen molar-refractivity contribution < 1.29 is 9.90 Å². The fourth-order valence-electron chi connectivity index (χ4n) is 2.62. The van der Waals surface area contributed by atoms with Gasteiger partial charge in [-0.05, 0) is 25.5 Å². The molecule has 0 bridgehead atoms. The zero-order chi connectivity index (χ0) is 17.3. The Bertz CT molecular complexity index is 774. The number of aliphatic hydroxyl groups excluding tert-OH is 1. The van der Waals surface area contributed by atoms with E-state index < -0.39 is 6.10 Å². The molecule has 0 radical (unpaired) electrons. The molecule has 1 fully saturated rings. The highest BCUT2D eigenvalue weighted by Crippen LogP contribution is 2.23. The molecule has 0 atom stereocenters. The van der Waals surface area contributed by atoms with Crippen molar-refractivity contribution in [3.8, 4) is 0 Å². The van der Waals surface area contributed by atoms with Gasteiger partial charge >= 0.3 is 0 Å². The zero-order valence-electron chi connectivity index (χ0n) is 13.7. The van der Waals surface area contributed by atoms with E-state index in [4.69, 9.17) is 11.6 Å². The lowest BCUT2D eigenvalue weighted by atomic mass is 10.1. The summed E-state index contributed by atoms with van der Waals surface area (Å²) < 4.78 is 1.74. The first-order valence-electron chi connectivity index (χ1n) is 7.87. The maximum Gasteiger partial charge on any atom is 0.246 e. The minimum absolute atomic E-state index is 0.123. The Morgan fingerprint density at radius 2 is 2.00 bits per heavy atom. The standard InChI is InChI=1S/C18H20ClN3O2/c1-12-3-5-14(6-4-12)9-22-18(19)16(13(2)20-22)7-8-17(24)21-10-15(23)11-21/h3-8,15,23H,9-11H2,1-2H3/b8-7+. The Morgan fingerprint density at radius 1 is 1.33 bits per heavy atom. The highest BCUT2D eigenvalue weighted by molar-refractivity contribution is 6.31. The average molecular weight is 346 g/mol. The number of benzene rings is 1. The number of likely N-dealkylation sites (tertiary alicyclic amines) is 1. The van der Waals surface area contributed by atoms with Crippen molar-refractivity contribution >= 4 is 23.6 Å². The molecule has 1 saturated heterocycles. The summed E-state index contributed by atoms with van der Waals surface area (Å²) in [5, 5.41) is 14.2. The predicted octanol–water partition coefficient (Wildman–Crippen LogP) is 2.42. The van der Waals surface area contributed by atoms with Crippen molar-refractivity contribution in [2.75, 3.05) is 13.1 Å². The van der Waals surface area contributed by atoms with Crippen LogP contribution in [-0.2, 0) is 11.3 Å². The van der Waals surface area contributed by atoms with Crippen molar-refractivity contribution in [3.63, 3.8) is 0 Å². The second-order valence-electron chi connectivity index (χ2n) is 6.16. The van der Waals surface area contributed by atoms with Crippen LogP contribution in [0, 0.1) is 13.8 Å². The minimum atomic E-state index is -0.398. The molecule has 1 amide bonds. The summed E-state index contributed by atoms with van der Waals surface area (Å²) in [5.41, 5.74) is 3.85. The molecule has 24 heavy (non-hydrogen) atoms. The van der Waals surface area contributed by atoms with Crippen LogP contribution in [0.25, 0.3) is 6.08 Å². The van der Waals surface area contributed by atoms with E-state index in [1.807, 2.05) is 13.8 Å². The van der Waals surface area contributed by atoms with Crippen LogP contribution in [-0.4, -0.2) is 44.9 Å². The van der Waals surface area contributed by atoms with Crippen LogP contribution in [0.4, 0.5) is 0 Å². The van der Waals surface area contributed by atoms with E-state index in [2.05, 4.69) is 29.4 Å². The van der Waals surface area contributed by atoms with E-state index in [9.17, 15) is 9.90 Å². The van der Waals surface area contributed by atoms with Gasteiger partial charge in [-0.15, -0.1) is 0 Å². The van der Waals surface area contributed by atoms with Gasteiger partial charge in [0.25, 0.3) is 0 Å². The third kappa shape index (κ3) is 3.52. The van der Waals surface area contributed by atoms with Crippen molar-refractivity contribution in [2.24, 2.45) is 0 Å². The van der Waals surface area contributed by atoms with Crippen LogP contribution in [0.5, 0.6) is 0 Å². The van der Waals surface area contributed by atoms with E-state index in [1.165, 1.54) is 11.6 Å². The predicted molar refractivity (Wildman–Crippen MR) is 93.9 cm³/mol. The third-order valence-corrected chi connectivity index (χ3v) is 4.53. The molecular weight excluding hydrogens is 326 g/mol. The molecule has 0 aliphatic carbocycles. The monoisotopic (exact) mass is 345 g/mol. The normalized spacial score (nSPS) is 15.1. The molecule has 0 spiro atoms. The van der Waals surface area contributed by atoms with Crippen molar-refractivity contribution in [3.05, 3.63) is 57.9 Å². The SMILES string of the molecule is Cc1ccc(Cn2nc(C)c(/C=C/C(=O)N3CC(O)C3)c2Cl)cc1. The van der Waals surface area contributed by atoms with E-state index >= 15 is 0 Å². The van der Waals surface area contributed by atoms with Crippen molar-refractivity contribution in [1.29, 1.82) is 0 Å². The number of aliphatic hydroxyl groups is 1. The summed E-state index contributed by atoms with van der Waals surface area (Å²) >= 11 is 6.43. The molecule has 1 N–H and O–H groups in total. The van der Waals surface area contributed by atoms with Crippen LogP contribution in [0.3, 0.4) is 0 Å². The lowest BCUT2D eigenvalue weighted by Gasteiger charge is -2.34. The Kier molecular flexibility index (Phi) is 4.73. The number of halogens is 1. The average Bonchev–Trinajstić information content (AvgIpc) is 2.78. The number of aromatic nitrogens is 2. The van der Waals surface area contributed by atoms with Crippen LogP contribution >= 0.6 is 11.6 Å². The second-order valence-corrected chi connectivity index (χ2v) is 6.52. The van der Waals surface area contributed by atoms with Crippen LogP contribution in [0.15, 0.2) is 30.3 Å². The largest absolute Gasteiger partial charge is 0.389 e. The van der Waals surface area contributed by atoms with Gasteiger partial charge in [-0.3, -0.25) is 4.79 Å². The van der Waals surface area contributed by atoms with Gasteiger partial charge in [0.1, 0.15) is 5.15 Å². The quantitative estimate of drug-likeness (QED) is 0.866. The van der Waals surface area contributed by atoms with Crippen LogP contribution in [0.1, 0.15) is 22.4 Å². The molecule has 6 heteroatoms. The first-order chi connectivity index (χ1) is 11.4. The topological polar surface area (TPSA) is 58.4 Å². The van der Waals surface area contributed by atoms with Gasteiger partial charge in [0.15, 0.2) is 0 Å². The Hall–Kier alpha value is -2.11. The van der Waals surface area contributed by atoms with Gasteiger partial charge in [0.05, 0.1) is 18.3 Å². The molecule has 1 aromatic carbocycles. The fraction of sp³-hybridized carbons (Fsp3) is 0.333. The van der Waals surface area contributed by atoms with Gasteiger partial charge in [0, 0.05) is 24.7 Å². The number of β-amino-alcohol motifs (C(OH)–C–C–N with tert-alkyl or cyclic N) is 1. The molecule has 1 aliphatic heterocycles. The number of hydrogen-bond acceptors (Lipinski definition) is 3. The fourth-order valence-corrected chi connectivity index (χ4v) is 2.92. The molecule has 0 unspecified atom stereocenters. The van der Waals surface area contributed by atoms with Gasteiger partial charge in [-0.1, -0.05) is 41.4 Å². The van der Waals surface area contributed by atoms with Gasteiger partial charge in [0.2, 0.25) is 5.91 Å².